The lowest BCUT2D eigenvalue weighted by molar-refractivity contribution is -0.141. The number of benzene rings is 1. The van der Waals surface area contributed by atoms with Crippen LogP contribution in [0.3, 0.4) is 0 Å². The number of ether oxygens (including phenoxy) is 1. The standard InChI is InChI=1S/C23H24F4N10O2/c1-13-9-37(33-30-13)16-4-5-17(39-3)20(24)14(16)8-28-22(38)15-10-35(32-21(15)23(25,26)27)11-18-29-19-12-34(2)6-7-36(19)31-18/h4-5,9-10,12H,6-8,11H2,1-3H3,(H,28,38)(H,29,31). The molecule has 206 valence electrons. The first kappa shape index (κ1) is 26.0. The molecule has 0 spiro atoms. The number of aliphatic imine (C=N–C) groups is 1. The molecule has 0 unspecified atom stereocenters. The predicted octanol–water partition coefficient (Wildman–Crippen LogP) is 1.83. The number of amides is 1. The van der Waals surface area contributed by atoms with Crippen molar-refractivity contribution >= 4 is 11.7 Å². The van der Waals surface area contributed by atoms with Crippen LogP contribution in [0.1, 0.15) is 27.3 Å². The Bertz CT molecular complexity index is 1480. The molecule has 16 heteroatoms. The summed E-state index contributed by atoms with van der Waals surface area (Å²) in [5.41, 5.74) is 1.70. The van der Waals surface area contributed by atoms with Crippen LogP contribution in [-0.4, -0.2) is 73.7 Å². The van der Waals surface area contributed by atoms with Gasteiger partial charge in [-0.1, -0.05) is 5.21 Å². The Labute approximate surface area is 219 Å². The van der Waals surface area contributed by atoms with Gasteiger partial charge in [-0.3, -0.25) is 19.9 Å². The van der Waals surface area contributed by atoms with Crippen LogP contribution >= 0.6 is 0 Å². The quantitative estimate of drug-likeness (QED) is 0.430. The second kappa shape index (κ2) is 9.92. The van der Waals surface area contributed by atoms with Gasteiger partial charge in [-0.05, 0) is 19.1 Å². The average molecular weight is 549 g/mol. The highest BCUT2D eigenvalue weighted by Crippen LogP contribution is 2.31. The maximum absolute atomic E-state index is 15.2. The maximum Gasteiger partial charge on any atom is 0.435 e. The highest BCUT2D eigenvalue weighted by atomic mass is 19.4. The molecule has 2 N–H and O–H groups in total. The topological polar surface area (TPSA) is 118 Å². The lowest BCUT2D eigenvalue weighted by Gasteiger charge is -2.28. The van der Waals surface area contributed by atoms with E-state index in [1.54, 1.807) is 24.3 Å². The largest absolute Gasteiger partial charge is 0.494 e. The summed E-state index contributed by atoms with van der Waals surface area (Å²) in [4.78, 5) is 19.3. The summed E-state index contributed by atoms with van der Waals surface area (Å²) in [7, 11) is 3.16. The van der Waals surface area contributed by atoms with E-state index in [-0.39, 0.29) is 23.5 Å². The van der Waals surface area contributed by atoms with E-state index in [2.05, 4.69) is 31.1 Å². The zero-order chi connectivity index (χ0) is 27.9. The summed E-state index contributed by atoms with van der Waals surface area (Å²) >= 11 is 0. The summed E-state index contributed by atoms with van der Waals surface area (Å²) in [6.07, 6.45) is -0.571. The molecular formula is C23H24F4N10O2. The molecule has 5 rings (SSSR count). The number of likely N-dealkylation sites (N-methyl/N-ethyl adjacent to an activating group) is 1. The van der Waals surface area contributed by atoms with E-state index in [4.69, 9.17) is 4.74 Å². The van der Waals surface area contributed by atoms with Gasteiger partial charge in [0.1, 0.15) is 12.4 Å². The van der Waals surface area contributed by atoms with Gasteiger partial charge >= 0.3 is 6.18 Å². The van der Waals surface area contributed by atoms with E-state index in [9.17, 15) is 18.0 Å². The molecule has 4 heterocycles. The van der Waals surface area contributed by atoms with Crippen molar-refractivity contribution in [3.63, 3.8) is 0 Å². The van der Waals surface area contributed by atoms with E-state index in [0.29, 0.717) is 23.9 Å². The molecule has 39 heavy (non-hydrogen) atoms. The number of methoxy groups -OCH3 is 1. The van der Waals surface area contributed by atoms with Gasteiger partial charge in [-0.15, -0.1) is 5.10 Å². The molecule has 0 atom stereocenters. The fourth-order valence-electron chi connectivity index (χ4n) is 4.19. The molecule has 2 aromatic heterocycles. The first-order valence-corrected chi connectivity index (χ1v) is 11.7. The molecule has 2 aliphatic heterocycles. The van der Waals surface area contributed by atoms with Gasteiger partial charge in [0.2, 0.25) is 0 Å². The molecule has 1 amide bonds. The number of halogens is 4. The van der Waals surface area contributed by atoms with Gasteiger partial charge in [-0.2, -0.15) is 18.3 Å². The van der Waals surface area contributed by atoms with Crippen molar-refractivity contribution < 1.29 is 27.1 Å². The van der Waals surface area contributed by atoms with Gasteiger partial charge in [0, 0.05) is 38.1 Å². The monoisotopic (exact) mass is 548 g/mol. The van der Waals surface area contributed by atoms with Crippen LogP contribution in [0.5, 0.6) is 5.75 Å². The highest BCUT2D eigenvalue weighted by Gasteiger charge is 2.39. The third-order valence-corrected chi connectivity index (χ3v) is 6.07. The second-order valence-corrected chi connectivity index (χ2v) is 8.94. The number of nitrogens with one attached hydrogen (secondary N) is 2. The van der Waals surface area contributed by atoms with E-state index in [1.807, 2.05) is 11.9 Å². The summed E-state index contributed by atoms with van der Waals surface area (Å²) < 4.78 is 63.9. The Balaban J connectivity index is 1.39. The fraction of sp³-hybridized carbons (Fsp3) is 0.348. The number of carbonyl (C=O) groups is 1. The van der Waals surface area contributed by atoms with Crippen molar-refractivity contribution in [2.24, 2.45) is 4.99 Å². The summed E-state index contributed by atoms with van der Waals surface area (Å²) in [5.74, 6) is -0.993. The van der Waals surface area contributed by atoms with Crippen molar-refractivity contribution in [2.45, 2.75) is 26.2 Å². The normalized spacial score (nSPS) is 15.1. The number of amidine groups is 1. The molecule has 0 bridgehead atoms. The van der Waals surface area contributed by atoms with Gasteiger partial charge in [0.15, 0.2) is 23.1 Å². The van der Waals surface area contributed by atoms with Gasteiger partial charge in [0.25, 0.3) is 5.91 Å². The number of nitrogens with zero attached hydrogens (tertiary/aromatic N) is 8. The smallest absolute Gasteiger partial charge is 0.435 e. The third kappa shape index (κ3) is 5.21. The summed E-state index contributed by atoms with van der Waals surface area (Å²) in [6.45, 7) is 2.48. The molecule has 0 aliphatic carbocycles. The van der Waals surface area contributed by atoms with Crippen molar-refractivity contribution in [3.8, 4) is 11.4 Å². The highest BCUT2D eigenvalue weighted by molar-refractivity contribution is 5.95. The fourth-order valence-corrected chi connectivity index (χ4v) is 4.19. The summed E-state index contributed by atoms with van der Waals surface area (Å²) in [5, 5.41) is 15.5. The number of hydrogen-bond donors (Lipinski definition) is 2. The first-order chi connectivity index (χ1) is 18.5. The molecule has 1 aromatic carbocycles. The second-order valence-electron chi connectivity index (χ2n) is 8.94. The number of alkyl halides is 3. The van der Waals surface area contributed by atoms with Crippen LogP contribution < -0.4 is 15.5 Å². The zero-order valence-electron chi connectivity index (χ0n) is 21.1. The van der Waals surface area contributed by atoms with Crippen LogP contribution in [0.4, 0.5) is 17.6 Å². The average Bonchev–Trinajstić information content (AvgIpc) is 3.60. The zero-order valence-corrected chi connectivity index (χ0v) is 21.1. The number of aryl methyl sites for hydroxylation is 1. The van der Waals surface area contributed by atoms with Gasteiger partial charge < -0.3 is 15.0 Å². The van der Waals surface area contributed by atoms with Crippen LogP contribution in [0.25, 0.3) is 5.69 Å². The molecule has 3 aromatic rings. The van der Waals surface area contributed by atoms with Crippen molar-refractivity contribution in [2.75, 3.05) is 27.2 Å². The first-order valence-electron chi connectivity index (χ1n) is 11.7. The molecule has 2 aliphatic rings. The molecule has 0 fully saturated rings. The van der Waals surface area contributed by atoms with E-state index in [0.717, 1.165) is 17.4 Å². The maximum atomic E-state index is 15.2. The lowest BCUT2D eigenvalue weighted by atomic mass is 10.1. The Morgan fingerprint density at radius 1 is 1.23 bits per heavy atom. The van der Waals surface area contributed by atoms with Crippen LogP contribution in [0.15, 0.2) is 41.5 Å². The minimum Gasteiger partial charge on any atom is -0.494 e. The Morgan fingerprint density at radius 3 is 2.72 bits per heavy atom. The van der Waals surface area contributed by atoms with E-state index in [1.165, 1.54) is 23.9 Å². The predicted molar refractivity (Wildman–Crippen MR) is 129 cm³/mol. The number of hydrogen-bond acceptors (Lipinski definition) is 9. The Morgan fingerprint density at radius 2 is 2.03 bits per heavy atom. The third-order valence-electron chi connectivity index (χ3n) is 6.07. The van der Waals surface area contributed by atoms with Crippen molar-refractivity contribution in [3.05, 3.63) is 64.9 Å². The van der Waals surface area contributed by atoms with Crippen LogP contribution in [-0.2, 0) is 19.3 Å². The minimum atomic E-state index is -4.91. The van der Waals surface area contributed by atoms with Crippen molar-refractivity contribution in [1.82, 2.24) is 45.4 Å². The SMILES string of the molecule is COc1ccc(-n2cc(C)nn2)c(CNC(=O)c2cn(CC3=NC4=CN(C)CCN4N3)nc2C(F)(F)F)c1F. The number of hydrazine groups is 1. The summed E-state index contributed by atoms with van der Waals surface area (Å²) in [6, 6.07) is 2.88. The number of rotatable bonds is 7. The Kier molecular flexibility index (Phi) is 6.61. The van der Waals surface area contributed by atoms with Crippen molar-refractivity contribution in [1.29, 1.82) is 0 Å². The Hall–Kier alpha value is -4.63. The molecule has 0 saturated heterocycles. The molecule has 12 nitrogen and oxygen atoms in total. The molecule has 0 radical (unpaired) electrons. The lowest BCUT2D eigenvalue weighted by Crippen LogP contribution is -2.43. The molecule has 0 saturated carbocycles. The van der Waals surface area contributed by atoms with E-state index >= 15 is 4.39 Å². The van der Waals surface area contributed by atoms with Gasteiger partial charge in [0.05, 0.1) is 36.8 Å². The van der Waals surface area contributed by atoms with Crippen LogP contribution in [0.2, 0.25) is 0 Å². The van der Waals surface area contributed by atoms with Gasteiger partial charge in [-0.25, -0.2) is 14.1 Å². The number of aromatic nitrogens is 5. The number of fused-ring (bicyclic) bond motifs is 1. The van der Waals surface area contributed by atoms with E-state index < -0.39 is 35.7 Å². The number of carbonyl (C=O) groups excluding carboxylic acids is 1. The van der Waals surface area contributed by atoms with Crippen LogP contribution in [0, 0.1) is 12.7 Å². The minimum absolute atomic E-state index is 0.0482. The molecular weight excluding hydrogens is 524 g/mol.